The van der Waals surface area contributed by atoms with Crippen LogP contribution in [0.2, 0.25) is 5.15 Å². The predicted octanol–water partition coefficient (Wildman–Crippen LogP) is 4.38. The number of halogens is 2. The Balaban J connectivity index is 1.52. The van der Waals surface area contributed by atoms with Gasteiger partial charge in [-0.25, -0.2) is 9.37 Å². The number of aryl methyl sites for hydroxylation is 1. The number of amides is 1. The van der Waals surface area contributed by atoms with Crippen LogP contribution in [0.1, 0.15) is 31.2 Å². The fourth-order valence-electron chi connectivity index (χ4n) is 4.06. The molecule has 4 N–H and O–H groups in total. The Morgan fingerprint density at radius 2 is 2.06 bits per heavy atom. The summed E-state index contributed by atoms with van der Waals surface area (Å²) in [5.41, 5.74) is 2.23. The highest BCUT2D eigenvalue weighted by Gasteiger charge is 2.24. The van der Waals surface area contributed by atoms with Gasteiger partial charge in [-0.1, -0.05) is 18.2 Å². The van der Waals surface area contributed by atoms with Gasteiger partial charge in [-0.05, 0) is 56.0 Å². The largest absolute Gasteiger partial charge is 0.381 e. The number of rotatable bonds is 9. The van der Waals surface area contributed by atoms with E-state index in [4.69, 9.17) is 16.6 Å². The van der Waals surface area contributed by atoms with E-state index in [2.05, 4.69) is 37.9 Å². The van der Waals surface area contributed by atoms with Gasteiger partial charge in [0.25, 0.3) is 0 Å². The van der Waals surface area contributed by atoms with Gasteiger partial charge in [-0.3, -0.25) is 9.48 Å². The summed E-state index contributed by atoms with van der Waals surface area (Å²) in [7, 11) is 1.78. The Kier molecular flexibility index (Phi) is 7.81. The van der Waals surface area contributed by atoms with Crippen LogP contribution in [0, 0.1) is 5.82 Å². The van der Waals surface area contributed by atoms with Crippen LogP contribution in [0.4, 0.5) is 27.5 Å². The van der Waals surface area contributed by atoms with Gasteiger partial charge in [0, 0.05) is 49.3 Å². The molecule has 9 nitrogen and oxygen atoms in total. The summed E-state index contributed by atoms with van der Waals surface area (Å²) >= 11 is 6.18. The number of carbonyl (C=O) groups excluding carboxylic acids is 1. The number of anilines is 4. The van der Waals surface area contributed by atoms with E-state index in [1.54, 1.807) is 36.3 Å². The molecule has 11 heteroatoms. The summed E-state index contributed by atoms with van der Waals surface area (Å²) in [5.74, 6) is 0.584. The first-order valence-electron chi connectivity index (χ1n) is 11.4. The molecule has 1 aliphatic carbocycles. The van der Waals surface area contributed by atoms with Crippen LogP contribution in [0.25, 0.3) is 0 Å². The highest BCUT2D eigenvalue weighted by molar-refractivity contribution is 6.32. The van der Waals surface area contributed by atoms with E-state index in [9.17, 15) is 9.18 Å². The predicted molar refractivity (Wildman–Crippen MR) is 135 cm³/mol. The lowest BCUT2D eigenvalue weighted by molar-refractivity contribution is -0.117. The zero-order valence-corrected chi connectivity index (χ0v) is 20.1. The molecule has 3 aromatic rings. The van der Waals surface area contributed by atoms with Crippen molar-refractivity contribution in [3.8, 4) is 0 Å². The molecule has 184 valence electrons. The third-order valence-electron chi connectivity index (χ3n) is 5.77. The molecule has 0 bridgehead atoms. The van der Waals surface area contributed by atoms with Crippen LogP contribution in [0.15, 0.2) is 49.3 Å². The second kappa shape index (κ2) is 11.2. The molecule has 0 aliphatic heterocycles. The summed E-state index contributed by atoms with van der Waals surface area (Å²) in [6.45, 7) is 3.97. The molecule has 2 unspecified atom stereocenters. The Hall–Kier alpha value is -3.66. The fourth-order valence-corrected chi connectivity index (χ4v) is 4.27. The molecule has 1 aliphatic rings. The standard InChI is InChI=1S/C24H28ClFN8O/c1-3-21(35)29-18-5-4-6-19(11-18)30-23-15(12-27-17-9-7-16(26)8-10-17)13-28-24(32-23)31-20-14-34(2)33-22(20)25/h3,7-10,13-14,18-19,27H,1,4-6,11-12H2,2H3,(H,29,35)(H2,28,30,31,32). The van der Waals surface area contributed by atoms with Crippen molar-refractivity contribution >= 4 is 40.6 Å². The van der Waals surface area contributed by atoms with E-state index >= 15 is 0 Å². The van der Waals surface area contributed by atoms with Crippen molar-refractivity contribution in [2.75, 3.05) is 16.0 Å². The molecule has 35 heavy (non-hydrogen) atoms. The maximum absolute atomic E-state index is 13.2. The Bertz CT molecular complexity index is 1180. The SMILES string of the molecule is C=CC(=O)NC1CCCC(Nc2nc(Nc3cn(C)nc3Cl)ncc2CNc2ccc(F)cc2)C1. The maximum Gasteiger partial charge on any atom is 0.243 e. The highest BCUT2D eigenvalue weighted by atomic mass is 35.5. The monoisotopic (exact) mass is 498 g/mol. The Morgan fingerprint density at radius 1 is 1.29 bits per heavy atom. The smallest absolute Gasteiger partial charge is 0.243 e. The van der Waals surface area contributed by atoms with Crippen LogP contribution < -0.4 is 21.3 Å². The highest BCUT2D eigenvalue weighted by Crippen LogP contribution is 2.26. The molecular weight excluding hydrogens is 471 g/mol. The van der Waals surface area contributed by atoms with Crippen molar-refractivity contribution in [2.45, 2.75) is 44.3 Å². The van der Waals surface area contributed by atoms with Crippen molar-refractivity contribution in [1.29, 1.82) is 0 Å². The number of aromatic nitrogens is 4. The van der Waals surface area contributed by atoms with Gasteiger partial charge in [0.15, 0.2) is 5.15 Å². The molecule has 2 heterocycles. The van der Waals surface area contributed by atoms with Crippen LogP contribution >= 0.6 is 11.6 Å². The molecule has 1 saturated carbocycles. The first-order valence-corrected chi connectivity index (χ1v) is 11.8. The molecule has 0 spiro atoms. The first-order chi connectivity index (χ1) is 16.9. The van der Waals surface area contributed by atoms with Gasteiger partial charge in [-0.2, -0.15) is 10.1 Å². The van der Waals surface area contributed by atoms with Gasteiger partial charge in [-0.15, -0.1) is 0 Å². The van der Waals surface area contributed by atoms with Gasteiger partial charge >= 0.3 is 0 Å². The molecule has 1 fully saturated rings. The first kappa shape index (κ1) is 24.5. The van der Waals surface area contributed by atoms with E-state index < -0.39 is 0 Å². The molecule has 1 aromatic carbocycles. The lowest BCUT2D eigenvalue weighted by Crippen LogP contribution is -2.41. The third kappa shape index (κ3) is 6.69. The molecule has 1 amide bonds. The van der Waals surface area contributed by atoms with E-state index in [-0.39, 0.29) is 23.8 Å². The summed E-state index contributed by atoms with van der Waals surface area (Å²) in [4.78, 5) is 20.9. The number of hydrogen-bond acceptors (Lipinski definition) is 7. The minimum atomic E-state index is -0.291. The molecular formula is C24H28ClFN8O. The second-order valence-electron chi connectivity index (χ2n) is 8.48. The summed E-state index contributed by atoms with van der Waals surface area (Å²) < 4.78 is 14.9. The Morgan fingerprint density at radius 3 is 2.77 bits per heavy atom. The lowest BCUT2D eigenvalue weighted by Gasteiger charge is -2.31. The van der Waals surface area contributed by atoms with Crippen LogP contribution in [0.5, 0.6) is 0 Å². The number of benzene rings is 1. The average Bonchev–Trinajstić information content (AvgIpc) is 3.16. The van der Waals surface area contributed by atoms with Crippen molar-refractivity contribution in [2.24, 2.45) is 7.05 Å². The van der Waals surface area contributed by atoms with Crippen LogP contribution in [0.3, 0.4) is 0 Å². The van der Waals surface area contributed by atoms with Crippen molar-refractivity contribution < 1.29 is 9.18 Å². The normalized spacial score (nSPS) is 17.5. The molecule has 2 aromatic heterocycles. The molecule has 0 radical (unpaired) electrons. The summed E-state index contributed by atoms with van der Waals surface area (Å²) in [5, 5.41) is 17.4. The summed E-state index contributed by atoms with van der Waals surface area (Å²) in [6.07, 6.45) is 8.40. The summed E-state index contributed by atoms with van der Waals surface area (Å²) in [6, 6.07) is 6.36. The quantitative estimate of drug-likeness (QED) is 0.324. The zero-order valence-electron chi connectivity index (χ0n) is 19.4. The minimum absolute atomic E-state index is 0.0705. The maximum atomic E-state index is 13.2. The van der Waals surface area contributed by atoms with Crippen molar-refractivity contribution in [1.82, 2.24) is 25.1 Å². The number of hydrogen-bond donors (Lipinski definition) is 4. The van der Waals surface area contributed by atoms with Crippen LogP contribution in [-0.2, 0) is 18.4 Å². The lowest BCUT2D eigenvalue weighted by atomic mass is 9.91. The minimum Gasteiger partial charge on any atom is -0.381 e. The van der Waals surface area contributed by atoms with Crippen molar-refractivity contribution in [3.63, 3.8) is 0 Å². The van der Waals surface area contributed by atoms with Gasteiger partial charge in [0.1, 0.15) is 11.6 Å². The van der Waals surface area contributed by atoms with Gasteiger partial charge in [0.05, 0.1) is 5.69 Å². The molecule has 2 atom stereocenters. The van der Waals surface area contributed by atoms with E-state index in [1.165, 1.54) is 18.2 Å². The number of nitrogens with one attached hydrogen (secondary N) is 4. The third-order valence-corrected chi connectivity index (χ3v) is 6.05. The Labute approximate surface area is 208 Å². The van der Waals surface area contributed by atoms with Crippen LogP contribution in [-0.4, -0.2) is 37.7 Å². The number of nitrogens with zero attached hydrogens (tertiary/aromatic N) is 4. The average molecular weight is 499 g/mol. The molecule has 4 rings (SSSR count). The fraction of sp³-hybridized carbons (Fsp3) is 0.333. The van der Waals surface area contributed by atoms with E-state index in [0.29, 0.717) is 29.2 Å². The van der Waals surface area contributed by atoms with E-state index in [0.717, 1.165) is 36.9 Å². The van der Waals surface area contributed by atoms with Gasteiger partial charge in [0.2, 0.25) is 11.9 Å². The van der Waals surface area contributed by atoms with E-state index in [1.807, 2.05) is 0 Å². The van der Waals surface area contributed by atoms with Gasteiger partial charge < -0.3 is 21.3 Å². The molecule has 0 saturated heterocycles. The zero-order chi connectivity index (χ0) is 24.8. The topological polar surface area (TPSA) is 109 Å². The second-order valence-corrected chi connectivity index (χ2v) is 8.84. The van der Waals surface area contributed by atoms with Crippen molar-refractivity contribution in [3.05, 3.63) is 65.8 Å². The number of carbonyl (C=O) groups is 1.